The highest BCUT2D eigenvalue weighted by Crippen LogP contribution is 2.40. The number of anilines is 3. The van der Waals surface area contributed by atoms with Gasteiger partial charge in [-0.15, -0.1) is 0 Å². The van der Waals surface area contributed by atoms with Crippen molar-refractivity contribution in [3.8, 4) is 5.75 Å². The summed E-state index contributed by atoms with van der Waals surface area (Å²) in [6, 6.07) is 9.83. The predicted octanol–water partition coefficient (Wildman–Crippen LogP) is 3.89. The number of aromatic amines is 1. The first-order chi connectivity index (χ1) is 16.3. The summed E-state index contributed by atoms with van der Waals surface area (Å²) in [6.45, 7) is 6.26. The lowest BCUT2D eigenvalue weighted by Gasteiger charge is -2.37. The number of aliphatic hydroxyl groups excluding tert-OH is 1. The third-order valence-electron chi connectivity index (χ3n) is 5.69. The second-order valence-electron chi connectivity index (χ2n) is 8.62. The first-order valence-electron chi connectivity index (χ1n) is 11.3. The molecule has 3 aromatic rings. The SMILES string of the molecule is COc1c(Nc2cc(C)[nH]n2)nc(Sc2ccc(CC(C)=O)cc2)nc1N1CCC(O)CC1C. The number of aryl methyl sites for hydroxylation is 1. The number of carbonyl (C=O) groups excluding carboxylic acids is 1. The van der Waals surface area contributed by atoms with Crippen molar-refractivity contribution < 1.29 is 14.6 Å². The second kappa shape index (κ2) is 10.4. The Bertz CT molecular complexity index is 1150. The van der Waals surface area contributed by atoms with Gasteiger partial charge in [-0.05, 0) is 63.1 Å². The number of H-pyrrole nitrogens is 1. The molecule has 0 radical (unpaired) electrons. The van der Waals surface area contributed by atoms with Crippen molar-refractivity contribution in [1.82, 2.24) is 20.2 Å². The van der Waals surface area contributed by atoms with Crippen LogP contribution in [0.3, 0.4) is 0 Å². The number of nitrogens with one attached hydrogen (secondary N) is 2. The van der Waals surface area contributed by atoms with E-state index >= 15 is 0 Å². The van der Waals surface area contributed by atoms with Gasteiger partial charge in [0.05, 0.1) is 13.2 Å². The molecular formula is C24H30N6O3S. The van der Waals surface area contributed by atoms with Crippen LogP contribution in [-0.2, 0) is 11.2 Å². The largest absolute Gasteiger partial charge is 0.490 e. The van der Waals surface area contributed by atoms with Crippen LogP contribution in [0.2, 0.25) is 0 Å². The van der Waals surface area contributed by atoms with Crippen molar-refractivity contribution >= 4 is 35.0 Å². The number of Topliss-reactive ketones (excluding diaryl/α,β-unsaturated/α-hetero) is 1. The Labute approximate surface area is 203 Å². The highest BCUT2D eigenvalue weighted by molar-refractivity contribution is 7.99. The Kier molecular flexibility index (Phi) is 7.38. The van der Waals surface area contributed by atoms with Crippen molar-refractivity contribution in [3.05, 3.63) is 41.6 Å². The smallest absolute Gasteiger partial charge is 0.204 e. The summed E-state index contributed by atoms with van der Waals surface area (Å²) in [5.41, 5.74) is 1.90. The van der Waals surface area contributed by atoms with Gasteiger partial charge in [0.25, 0.3) is 0 Å². The molecule has 1 aliphatic heterocycles. The number of methoxy groups -OCH3 is 1. The maximum atomic E-state index is 11.4. The Morgan fingerprint density at radius 1 is 1.32 bits per heavy atom. The number of carbonyl (C=O) groups is 1. The minimum atomic E-state index is -0.314. The van der Waals surface area contributed by atoms with Crippen LogP contribution in [0.15, 0.2) is 40.4 Å². The molecule has 9 nitrogen and oxygen atoms in total. The third-order valence-corrected chi connectivity index (χ3v) is 6.56. The zero-order valence-corrected chi connectivity index (χ0v) is 20.6. The normalized spacial score (nSPS) is 18.1. The van der Waals surface area contributed by atoms with Crippen molar-refractivity contribution in [2.45, 2.75) is 62.2 Å². The minimum Gasteiger partial charge on any atom is -0.490 e. The molecule has 1 aromatic carbocycles. The second-order valence-corrected chi connectivity index (χ2v) is 9.66. The summed E-state index contributed by atoms with van der Waals surface area (Å²) in [5.74, 6) is 2.50. The monoisotopic (exact) mass is 482 g/mol. The number of aromatic nitrogens is 4. The van der Waals surface area contributed by atoms with Gasteiger partial charge in [-0.25, -0.2) is 9.97 Å². The molecule has 2 atom stereocenters. The molecule has 1 saturated heterocycles. The molecule has 3 N–H and O–H groups in total. The van der Waals surface area contributed by atoms with Gasteiger partial charge in [0.1, 0.15) is 5.78 Å². The molecule has 3 heterocycles. The molecule has 1 fully saturated rings. The Morgan fingerprint density at radius 2 is 2.09 bits per heavy atom. The Balaban J connectivity index is 1.70. The van der Waals surface area contributed by atoms with E-state index in [4.69, 9.17) is 14.7 Å². The quantitative estimate of drug-likeness (QED) is 0.411. The molecule has 2 unspecified atom stereocenters. The van der Waals surface area contributed by atoms with E-state index in [0.717, 1.165) is 16.2 Å². The number of aliphatic hydroxyl groups is 1. The fourth-order valence-corrected chi connectivity index (χ4v) is 4.82. The number of ether oxygens (including phenoxy) is 1. The molecule has 4 rings (SSSR count). The highest BCUT2D eigenvalue weighted by atomic mass is 32.2. The van der Waals surface area contributed by atoms with Gasteiger partial charge in [-0.1, -0.05) is 12.1 Å². The molecule has 0 bridgehead atoms. The number of hydrogen-bond acceptors (Lipinski definition) is 9. The number of piperidine rings is 1. The summed E-state index contributed by atoms with van der Waals surface area (Å²) in [4.78, 5) is 24.1. The minimum absolute atomic E-state index is 0.0942. The van der Waals surface area contributed by atoms with Gasteiger partial charge in [0.15, 0.2) is 22.6 Å². The van der Waals surface area contributed by atoms with Gasteiger partial charge in [0, 0.05) is 35.7 Å². The van der Waals surface area contributed by atoms with E-state index in [9.17, 15) is 9.90 Å². The van der Waals surface area contributed by atoms with E-state index < -0.39 is 0 Å². The maximum absolute atomic E-state index is 11.4. The molecule has 2 aromatic heterocycles. The summed E-state index contributed by atoms with van der Waals surface area (Å²) < 4.78 is 5.77. The number of ketones is 1. The van der Waals surface area contributed by atoms with Crippen LogP contribution in [0, 0.1) is 6.92 Å². The van der Waals surface area contributed by atoms with Crippen LogP contribution < -0.4 is 15.0 Å². The van der Waals surface area contributed by atoms with Gasteiger partial charge < -0.3 is 20.1 Å². The lowest BCUT2D eigenvalue weighted by Crippen LogP contribution is -2.43. The molecule has 0 saturated carbocycles. The summed E-state index contributed by atoms with van der Waals surface area (Å²) in [6.07, 6.45) is 1.43. The molecule has 0 amide bonds. The molecule has 10 heteroatoms. The number of benzene rings is 1. The maximum Gasteiger partial charge on any atom is 0.204 e. The molecule has 0 spiro atoms. The van der Waals surface area contributed by atoms with Gasteiger partial charge in [0.2, 0.25) is 5.75 Å². The molecular weight excluding hydrogens is 452 g/mol. The summed E-state index contributed by atoms with van der Waals surface area (Å²) >= 11 is 1.44. The van der Waals surface area contributed by atoms with E-state index in [1.807, 2.05) is 37.3 Å². The van der Waals surface area contributed by atoms with Crippen LogP contribution in [0.4, 0.5) is 17.5 Å². The van der Waals surface area contributed by atoms with E-state index in [1.165, 1.54) is 11.8 Å². The zero-order valence-electron chi connectivity index (χ0n) is 19.8. The summed E-state index contributed by atoms with van der Waals surface area (Å²) in [7, 11) is 1.60. The van der Waals surface area contributed by atoms with Gasteiger partial charge >= 0.3 is 0 Å². The van der Waals surface area contributed by atoms with Crippen LogP contribution in [0.25, 0.3) is 0 Å². The number of nitrogens with zero attached hydrogens (tertiary/aromatic N) is 4. The van der Waals surface area contributed by atoms with Crippen molar-refractivity contribution in [2.75, 3.05) is 23.9 Å². The van der Waals surface area contributed by atoms with Crippen LogP contribution in [0.1, 0.15) is 37.9 Å². The third kappa shape index (κ3) is 5.68. The number of hydrogen-bond donors (Lipinski definition) is 3. The molecule has 0 aliphatic carbocycles. The average molecular weight is 483 g/mol. The van der Waals surface area contributed by atoms with E-state index in [1.54, 1.807) is 14.0 Å². The lowest BCUT2D eigenvalue weighted by atomic mass is 10.0. The number of rotatable bonds is 8. The highest BCUT2D eigenvalue weighted by Gasteiger charge is 2.29. The van der Waals surface area contributed by atoms with Gasteiger partial charge in [-0.3, -0.25) is 9.89 Å². The van der Waals surface area contributed by atoms with E-state index in [2.05, 4.69) is 27.3 Å². The van der Waals surface area contributed by atoms with Gasteiger partial charge in [-0.2, -0.15) is 5.10 Å². The summed E-state index contributed by atoms with van der Waals surface area (Å²) in [5, 5.41) is 21.1. The fraction of sp³-hybridized carbons (Fsp3) is 0.417. The average Bonchev–Trinajstić information content (AvgIpc) is 3.19. The standard InChI is InChI=1S/C24H30N6O3S/c1-14-11-20(29-28-14)25-22-21(33-4)23(30-10-9-18(32)12-15(30)2)27-24(26-22)34-19-7-5-17(6-8-19)13-16(3)31/h5-8,11,15,18,32H,9-10,12-13H2,1-4H3,(H2,25,26,27,28,29). The first kappa shape index (κ1) is 24.0. The zero-order chi connectivity index (χ0) is 24.2. The van der Waals surface area contributed by atoms with Crippen molar-refractivity contribution in [1.29, 1.82) is 0 Å². The Hall–Kier alpha value is -3.11. The lowest BCUT2D eigenvalue weighted by molar-refractivity contribution is -0.116. The predicted molar refractivity (Wildman–Crippen MR) is 132 cm³/mol. The molecule has 1 aliphatic rings. The van der Waals surface area contributed by atoms with Crippen molar-refractivity contribution in [3.63, 3.8) is 0 Å². The topological polar surface area (TPSA) is 116 Å². The Morgan fingerprint density at radius 3 is 2.71 bits per heavy atom. The van der Waals surface area contributed by atoms with Crippen LogP contribution >= 0.6 is 11.8 Å². The van der Waals surface area contributed by atoms with Crippen molar-refractivity contribution in [2.24, 2.45) is 0 Å². The van der Waals surface area contributed by atoms with Crippen LogP contribution in [0.5, 0.6) is 5.75 Å². The first-order valence-corrected chi connectivity index (χ1v) is 12.1. The van der Waals surface area contributed by atoms with E-state index in [-0.39, 0.29) is 17.9 Å². The molecule has 34 heavy (non-hydrogen) atoms. The molecule has 180 valence electrons. The fourth-order valence-electron chi connectivity index (χ4n) is 4.07. The van der Waals surface area contributed by atoms with E-state index in [0.29, 0.717) is 54.2 Å². The van der Waals surface area contributed by atoms with Crippen LogP contribution in [-0.4, -0.2) is 56.9 Å².